The number of nitrogens with zero attached hydrogens (tertiary/aromatic N) is 1. The van der Waals surface area contributed by atoms with Crippen molar-refractivity contribution in [1.29, 1.82) is 0 Å². The molecule has 0 aliphatic rings. The number of amides is 1. The predicted octanol–water partition coefficient (Wildman–Crippen LogP) is 2.71. The number of aldehydes is 1. The molecule has 2 rings (SSSR count). The molecule has 21 heavy (non-hydrogen) atoms. The van der Waals surface area contributed by atoms with Crippen LogP contribution in [0.15, 0.2) is 36.4 Å². The zero-order valence-electron chi connectivity index (χ0n) is 11.6. The van der Waals surface area contributed by atoms with Crippen molar-refractivity contribution in [2.45, 2.75) is 0 Å². The highest BCUT2D eigenvalue weighted by atomic mass is 19.1. The van der Waals surface area contributed by atoms with Crippen molar-refractivity contribution in [3.8, 4) is 16.9 Å². The standard InChI is InChI=1S/C16H14FNO3/c1-18(2)16(21)11-5-3-4-10(6-11)12-7-13(9-19)15(20)14(17)8-12/h3-9,20H,1-2H3. The number of hydrogen-bond donors (Lipinski definition) is 1. The summed E-state index contributed by atoms with van der Waals surface area (Å²) in [6, 6.07) is 9.16. The van der Waals surface area contributed by atoms with Gasteiger partial charge in [0.15, 0.2) is 17.9 Å². The molecule has 0 fully saturated rings. The Bertz CT molecular complexity index is 711. The predicted molar refractivity (Wildman–Crippen MR) is 76.9 cm³/mol. The normalized spacial score (nSPS) is 10.2. The Labute approximate surface area is 121 Å². The van der Waals surface area contributed by atoms with Gasteiger partial charge in [-0.2, -0.15) is 0 Å². The topological polar surface area (TPSA) is 57.6 Å². The maximum Gasteiger partial charge on any atom is 0.253 e. The van der Waals surface area contributed by atoms with E-state index < -0.39 is 11.6 Å². The number of rotatable bonds is 3. The highest BCUT2D eigenvalue weighted by Crippen LogP contribution is 2.28. The first-order chi connectivity index (χ1) is 9.93. The number of halogens is 1. The molecule has 0 bridgehead atoms. The zero-order valence-corrected chi connectivity index (χ0v) is 11.6. The molecule has 2 aromatic rings. The molecule has 0 radical (unpaired) electrons. The number of hydrogen-bond acceptors (Lipinski definition) is 3. The lowest BCUT2D eigenvalue weighted by molar-refractivity contribution is 0.0827. The first-order valence-corrected chi connectivity index (χ1v) is 6.24. The third-order valence-electron chi connectivity index (χ3n) is 3.07. The average molecular weight is 287 g/mol. The molecule has 5 heteroatoms. The highest BCUT2D eigenvalue weighted by molar-refractivity contribution is 5.95. The van der Waals surface area contributed by atoms with Gasteiger partial charge >= 0.3 is 0 Å². The smallest absolute Gasteiger partial charge is 0.253 e. The summed E-state index contributed by atoms with van der Waals surface area (Å²) in [4.78, 5) is 24.2. The monoisotopic (exact) mass is 287 g/mol. The van der Waals surface area contributed by atoms with E-state index in [1.165, 1.54) is 11.0 Å². The van der Waals surface area contributed by atoms with Gasteiger partial charge < -0.3 is 10.0 Å². The number of benzene rings is 2. The summed E-state index contributed by atoms with van der Waals surface area (Å²) in [5.74, 6) is -1.72. The summed E-state index contributed by atoms with van der Waals surface area (Å²) in [7, 11) is 3.28. The lowest BCUT2D eigenvalue weighted by Gasteiger charge is -2.12. The molecule has 0 saturated carbocycles. The largest absolute Gasteiger partial charge is 0.504 e. The van der Waals surface area contributed by atoms with Gasteiger partial charge in [-0.3, -0.25) is 9.59 Å². The molecule has 0 unspecified atom stereocenters. The molecule has 2 aromatic carbocycles. The minimum atomic E-state index is -0.876. The Morgan fingerprint density at radius 1 is 1.19 bits per heavy atom. The van der Waals surface area contributed by atoms with E-state index in [0.717, 1.165) is 6.07 Å². The third kappa shape index (κ3) is 2.91. The fourth-order valence-electron chi connectivity index (χ4n) is 1.97. The van der Waals surface area contributed by atoms with Crippen LogP contribution in [0, 0.1) is 5.82 Å². The number of carbonyl (C=O) groups excluding carboxylic acids is 2. The van der Waals surface area contributed by atoms with Crippen LogP contribution in [0.3, 0.4) is 0 Å². The van der Waals surface area contributed by atoms with Crippen LogP contribution in [0.5, 0.6) is 5.75 Å². The molecule has 0 aromatic heterocycles. The van der Waals surface area contributed by atoms with Gasteiger partial charge in [-0.15, -0.1) is 0 Å². The van der Waals surface area contributed by atoms with Crippen LogP contribution in [0.2, 0.25) is 0 Å². The number of phenols is 1. The van der Waals surface area contributed by atoms with Crippen molar-refractivity contribution in [1.82, 2.24) is 4.90 Å². The highest BCUT2D eigenvalue weighted by Gasteiger charge is 2.13. The van der Waals surface area contributed by atoms with Crippen LogP contribution in [-0.4, -0.2) is 36.3 Å². The lowest BCUT2D eigenvalue weighted by atomic mass is 10.00. The maximum atomic E-state index is 13.6. The molecule has 0 saturated heterocycles. The van der Waals surface area contributed by atoms with Gasteiger partial charge in [0.2, 0.25) is 0 Å². The average Bonchev–Trinajstić information content (AvgIpc) is 2.49. The lowest BCUT2D eigenvalue weighted by Crippen LogP contribution is -2.21. The fraction of sp³-hybridized carbons (Fsp3) is 0.125. The van der Waals surface area contributed by atoms with Gasteiger partial charge in [-0.25, -0.2) is 4.39 Å². The quantitative estimate of drug-likeness (QED) is 0.883. The third-order valence-corrected chi connectivity index (χ3v) is 3.07. The Morgan fingerprint density at radius 3 is 2.52 bits per heavy atom. The summed E-state index contributed by atoms with van der Waals surface area (Å²) < 4.78 is 13.6. The molecular formula is C16H14FNO3. The Balaban J connectivity index is 2.53. The second-order valence-electron chi connectivity index (χ2n) is 4.79. The van der Waals surface area contributed by atoms with Crippen molar-refractivity contribution < 1.29 is 19.1 Å². The molecule has 0 aliphatic heterocycles. The van der Waals surface area contributed by atoms with Crippen LogP contribution in [0.4, 0.5) is 4.39 Å². The number of aromatic hydroxyl groups is 1. The van der Waals surface area contributed by atoms with Crippen molar-refractivity contribution in [2.24, 2.45) is 0 Å². The van der Waals surface area contributed by atoms with Gasteiger partial charge in [0.25, 0.3) is 5.91 Å². The first kappa shape index (κ1) is 14.7. The minimum Gasteiger partial charge on any atom is -0.504 e. The van der Waals surface area contributed by atoms with Crippen molar-refractivity contribution in [3.05, 3.63) is 53.3 Å². The van der Waals surface area contributed by atoms with E-state index in [9.17, 15) is 19.1 Å². The number of carbonyl (C=O) groups is 2. The zero-order chi connectivity index (χ0) is 15.6. The Hall–Kier alpha value is -2.69. The van der Waals surface area contributed by atoms with Crippen LogP contribution in [0.1, 0.15) is 20.7 Å². The van der Waals surface area contributed by atoms with Crippen LogP contribution >= 0.6 is 0 Å². The van der Waals surface area contributed by atoms with Gasteiger partial charge in [0.05, 0.1) is 5.56 Å². The van der Waals surface area contributed by atoms with E-state index in [1.807, 2.05) is 0 Å². The van der Waals surface area contributed by atoms with Crippen molar-refractivity contribution in [3.63, 3.8) is 0 Å². The first-order valence-electron chi connectivity index (χ1n) is 6.24. The van der Waals surface area contributed by atoms with Crippen molar-refractivity contribution >= 4 is 12.2 Å². The molecular weight excluding hydrogens is 273 g/mol. The molecule has 0 spiro atoms. The summed E-state index contributed by atoms with van der Waals surface area (Å²) in [6.07, 6.45) is 0.386. The molecule has 0 aliphatic carbocycles. The molecule has 0 heterocycles. The second kappa shape index (κ2) is 5.75. The Morgan fingerprint density at radius 2 is 1.90 bits per heavy atom. The molecule has 1 N–H and O–H groups in total. The Kier molecular flexibility index (Phi) is 4.03. The molecule has 1 amide bonds. The van der Waals surface area contributed by atoms with E-state index in [2.05, 4.69) is 0 Å². The van der Waals surface area contributed by atoms with Gasteiger partial charge in [0, 0.05) is 19.7 Å². The van der Waals surface area contributed by atoms with Gasteiger partial charge in [0.1, 0.15) is 0 Å². The van der Waals surface area contributed by atoms with E-state index >= 15 is 0 Å². The SMILES string of the molecule is CN(C)C(=O)c1cccc(-c2cc(F)c(O)c(C=O)c2)c1. The van der Waals surface area contributed by atoms with E-state index in [-0.39, 0.29) is 11.5 Å². The summed E-state index contributed by atoms with van der Waals surface area (Å²) >= 11 is 0. The van der Waals surface area contributed by atoms with Gasteiger partial charge in [-0.1, -0.05) is 12.1 Å². The summed E-state index contributed by atoms with van der Waals surface area (Å²) in [5.41, 5.74) is 1.33. The summed E-state index contributed by atoms with van der Waals surface area (Å²) in [5, 5.41) is 9.42. The maximum absolute atomic E-state index is 13.6. The van der Waals surface area contributed by atoms with E-state index in [0.29, 0.717) is 23.0 Å². The fourth-order valence-corrected chi connectivity index (χ4v) is 1.97. The van der Waals surface area contributed by atoms with Crippen molar-refractivity contribution in [2.75, 3.05) is 14.1 Å². The van der Waals surface area contributed by atoms with Crippen LogP contribution in [0.25, 0.3) is 11.1 Å². The van der Waals surface area contributed by atoms with Crippen LogP contribution in [-0.2, 0) is 0 Å². The van der Waals surface area contributed by atoms with E-state index in [1.54, 1.807) is 38.4 Å². The van der Waals surface area contributed by atoms with Crippen LogP contribution < -0.4 is 0 Å². The second-order valence-corrected chi connectivity index (χ2v) is 4.79. The number of phenolic OH excluding ortho intramolecular Hbond substituents is 1. The summed E-state index contributed by atoms with van der Waals surface area (Å²) in [6.45, 7) is 0. The molecule has 0 atom stereocenters. The molecule has 4 nitrogen and oxygen atoms in total. The van der Waals surface area contributed by atoms with Gasteiger partial charge in [-0.05, 0) is 35.4 Å². The minimum absolute atomic E-state index is 0.130. The molecule has 108 valence electrons. The van der Waals surface area contributed by atoms with E-state index in [4.69, 9.17) is 0 Å².